The fraction of sp³-hybridized carbons (Fsp3) is 0.949. The molecule has 582 valence electrons. The molecule has 0 spiro atoms. The second-order valence-electron chi connectivity index (χ2n) is 30.1. The maximum Gasteiger partial charge on any atom is 0.472 e. The van der Waals surface area contributed by atoms with Gasteiger partial charge in [0.2, 0.25) is 0 Å². The minimum Gasteiger partial charge on any atom is -0.462 e. The van der Waals surface area contributed by atoms with Gasteiger partial charge in [0.25, 0.3) is 0 Å². The molecule has 0 aromatic rings. The van der Waals surface area contributed by atoms with E-state index in [-0.39, 0.29) is 25.7 Å². The highest BCUT2D eigenvalue weighted by Gasteiger charge is 2.30. The summed E-state index contributed by atoms with van der Waals surface area (Å²) in [5.41, 5.74) is 0. The Morgan fingerprint density at radius 2 is 0.490 bits per heavy atom. The largest absolute Gasteiger partial charge is 0.472 e. The Balaban J connectivity index is 5.28. The average Bonchev–Trinajstić information content (AvgIpc) is 1.03. The molecule has 0 saturated heterocycles. The number of rotatable bonds is 76. The second-order valence-corrected chi connectivity index (χ2v) is 33.0. The van der Waals surface area contributed by atoms with Gasteiger partial charge in [0.1, 0.15) is 19.3 Å². The van der Waals surface area contributed by atoms with E-state index in [2.05, 4.69) is 55.4 Å². The quantitative estimate of drug-likeness (QED) is 0.0222. The molecule has 19 heteroatoms. The van der Waals surface area contributed by atoms with Crippen LogP contribution >= 0.6 is 15.6 Å². The van der Waals surface area contributed by atoms with Crippen LogP contribution in [0.3, 0.4) is 0 Å². The van der Waals surface area contributed by atoms with Gasteiger partial charge >= 0.3 is 39.5 Å². The minimum atomic E-state index is -4.96. The first kappa shape index (κ1) is 96.1. The summed E-state index contributed by atoms with van der Waals surface area (Å²) in [5.74, 6) is 1.01. The topological polar surface area (TPSA) is 237 Å². The highest BCUT2D eigenvalue weighted by molar-refractivity contribution is 7.47. The number of esters is 4. The van der Waals surface area contributed by atoms with Crippen LogP contribution in [0.25, 0.3) is 0 Å². The number of carbonyl (C=O) groups excluding carboxylic acids is 4. The van der Waals surface area contributed by atoms with Crippen LogP contribution < -0.4 is 0 Å². The lowest BCUT2D eigenvalue weighted by atomic mass is 9.99. The molecule has 0 radical (unpaired) electrons. The Kier molecular flexibility index (Phi) is 66.8. The van der Waals surface area contributed by atoms with E-state index in [0.717, 1.165) is 114 Å². The zero-order valence-corrected chi connectivity index (χ0v) is 66.2. The summed E-state index contributed by atoms with van der Waals surface area (Å²) in [5, 5.41) is 10.6. The van der Waals surface area contributed by atoms with Gasteiger partial charge in [0, 0.05) is 25.7 Å². The number of ether oxygens (including phenoxy) is 4. The summed E-state index contributed by atoms with van der Waals surface area (Å²) < 4.78 is 68.7. The number of hydrogen-bond acceptors (Lipinski definition) is 15. The van der Waals surface area contributed by atoms with Crippen molar-refractivity contribution < 1.29 is 80.2 Å². The molecule has 0 heterocycles. The second kappa shape index (κ2) is 68.2. The van der Waals surface area contributed by atoms with Gasteiger partial charge in [-0.25, -0.2) is 9.13 Å². The van der Waals surface area contributed by atoms with Crippen LogP contribution in [0, 0.1) is 23.7 Å². The van der Waals surface area contributed by atoms with Gasteiger partial charge in [-0.1, -0.05) is 351 Å². The number of aliphatic hydroxyl groups excluding tert-OH is 1. The van der Waals surface area contributed by atoms with Crippen molar-refractivity contribution in [2.75, 3.05) is 39.6 Å². The molecule has 0 saturated carbocycles. The molecule has 6 atom stereocenters. The third-order valence-corrected chi connectivity index (χ3v) is 20.6. The van der Waals surface area contributed by atoms with Crippen LogP contribution in [-0.4, -0.2) is 96.7 Å². The van der Waals surface area contributed by atoms with Crippen LogP contribution in [0.2, 0.25) is 0 Å². The smallest absolute Gasteiger partial charge is 0.462 e. The van der Waals surface area contributed by atoms with Crippen molar-refractivity contribution in [1.82, 2.24) is 0 Å². The number of phosphoric acid groups is 2. The van der Waals surface area contributed by atoms with Gasteiger partial charge in [0.15, 0.2) is 12.2 Å². The summed E-state index contributed by atoms with van der Waals surface area (Å²) in [6.07, 6.45) is 53.9. The molecular formula is C79H154O17P2. The van der Waals surface area contributed by atoms with E-state index in [1.807, 2.05) is 0 Å². The van der Waals surface area contributed by atoms with Crippen molar-refractivity contribution in [1.29, 1.82) is 0 Å². The number of hydrogen-bond donors (Lipinski definition) is 3. The van der Waals surface area contributed by atoms with Gasteiger partial charge < -0.3 is 33.8 Å². The van der Waals surface area contributed by atoms with E-state index in [1.54, 1.807) is 0 Å². The summed E-state index contributed by atoms with van der Waals surface area (Å²) >= 11 is 0. The Hall–Kier alpha value is -1.94. The number of phosphoric ester groups is 2. The van der Waals surface area contributed by atoms with Gasteiger partial charge in [-0.3, -0.25) is 37.3 Å². The molecule has 17 nitrogen and oxygen atoms in total. The lowest BCUT2D eigenvalue weighted by molar-refractivity contribution is -0.161. The van der Waals surface area contributed by atoms with Crippen molar-refractivity contribution in [3.63, 3.8) is 0 Å². The van der Waals surface area contributed by atoms with E-state index in [4.69, 9.17) is 37.0 Å². The summed E-state index contributed by atoms with van der Waals surface area (Å²) in [7, 11) is -9.92. The van der Waals surface area contributed by atoms with Crippen molar-refractivity contribution in [3.05, 3.63) is 0 Å². The summed E-state index contributed by atoms with van der Waals surface area (Å²) in [6.45, 7) is 14.3. The third-order valence-electron chi connectivity index (χ3n) is 18.7. The molecule has 0 rings (SSSR count). The van der Waals surface area contributed by atoms with Crippen molar-refractivity contribution >= 4 is 39.5 Å². The van der Waals surface area contributed by atoms with Crippen LogP contribution in [0.15, 0.2) is 0 Å². The summed E-state index contributed by atoms with van der Waals surface area (Å²) in [4.78, 5) is 73.0. The van der Waals surface area contributed by atoms with Crippen LogP contribution in [0.4, 0.5) is 0 Å². The molecule has 0 aliphatic carbocycles. The lowest BCUT2D eigenvalue weighted by Crippen LogP contribution is -2.30. The molecular weight excluding hydrogens is 1280 g/mol. The van der Waals surface area contributed by atoms with Gasteiger partial charge in [0.05, 0.1) is 26.4 Å². The number of unbranched alkanes of at least 4 members (excludes halogenated alkanes) is 41. The predicted octanol–water partition coefficient (Wildman–Crippen LogP) is 23.2. The van der Waals surface area contributed by atoms with Crippen LogP contribution in [-0.2, 0) is 65.4 Å². The monoisotopic (exact) mass is 1440 g/mol. The van der Waals surface area contributed by atoms with Crippen molar-refractivity contribution in [2.45, 2.75) is 420 Å². The predicted molar refractivity (Wildman–Crippen MR) is 400 cm³/mol. The normalized spacial score (nSPS) is 14.3. The first-order chi connectivity index (χ1) is 47.1. The Bertz CT molecular complexity index is 1920. The molecule has 3 unspecified atom stereocenters. The van der Waals surface area contributed by atoms with Crippen LogP contribution in [0.5, 0.6) is 0 Å². The Morgan fingerprint density at radius 1 is 0.286 bits per heavy atom. The van der Waals surface area contributed by atoms with E-state index < -0.39 is 97.5 Å². The molecule has 0 aliphatic rings. The summed E-state index contributed by atoms with van der Waals surface area (Å²) in [6, 6.07) is 0. The molecule has 0 bridgehead atoms. The van der Waals surface area contributed by atoms with Crippen LogP contribution in [0.1, 0.15) is 402 Å². The van der Waals surface area contributed by atoms with Gasteiger partial charge in [-0.05, 0) is 49.4 Å². The number of carbonyl (C=O) groups is 4. The highest BCUT2D eigenvalue weighted by atomic mass is 31.2. The van der Waals surface area contributed by atoms with E-state index in [1.165, 1.54) is 205 Å². The van der Waals surface area contributed by atoms with E-state index in [9.17, 15) is 43.2 Å². The first-order valence-electron chi connectivity index (χ1n) is 40.7. The van der Waals surface area contributed by atoms with E-state index in [0.29, 0.717) is 25.7 Å². The molecule has 0 aromatic heterocycles. The van der Waals surface area contributed by atoms with Crippen molar-refractivity contribution in [3.8, 4) is 0 Å². The highest BCUT2D eigenvalue weighted by Crippen LogP contribution is 2.45. The molecule has 98 heavy (non-hydrogen) atoms. The maximum atomic E-state index is 13.1. The molecule has 0 amide bonds. The third kappa shape index (κ3) is 71.1. The number of aliphatic hydroxyl groups is 1. The fourth-order valence-electron chi connectivity index (χ4n) is 12.0. The first-order valence-corrected chi connectivity index (χ1v) is 43.7. The zero-order chi connectivity index (χ0) is 72.4. The average molecular weight is 1440 g/mol. The molecule has 0 fully saturated rings. The zero-order valence-electron chi connectivity index (χ0n) is 64.4. The maximum absolute atomic E-state index is 13.1. The lowest BCUT2D eigenvalue weighted by Gasteiger charge is -2.21. The van der Waals surface area contributed by atoms with Gasteiger partial charge in [-0.15, -0.1) is 0 Å². The standard InChI is InChI=1S/C79H154O17P2/c1-9-72(8)58-50-42-34-29-30-36-44-52-60-77(82)90-66-75(96-79(84)62-54-46-38-28-22-16-14-19-25-33-41-49-57-71(6)7)68-94-98(87,88)92-64-73(80)63-91-97(85,86)93-67-74(65-89-76(81)59-51-43-35-26-20-15-13-18-24-32-40-48-56-70(4)5)95-78(83)61-53-45-37-27-21-12-10-11-17-23-31-39-47-55-69(2)3/h69-75,80H,9-68H2,1-8H3,(H,85,86)(H,87,88)/t72?,73-,74-,75-/m1/s1. The van der Waals surface area contributed by atoms with E-state index >= 15 is 0 Å². The fourth-order valence-corrected chi connectivity index (χ4v) is 13.6. The van der Waals surface area contributed by atoms with Crippen molar-refractivity contribution in [2.24, 2.45) is 23.7 Å². The Morgan fingerprint density at radius 3 is 0.724 bits per heavy atom. The molecule has 0 aromatic carbocycles. The molecule has 0 aliphatic heterocycles. The van der Waals surface area contributed by atoms with Gasteiger partial charge in [-0.2, -0.15) is 0 Å². The minimum absolute atomic E-state index is 0.106. The Labute approximate surface area is 600 Å². The SMILES string of the molecule is CCC(C)CCCCCCCCCCC(=O)OC[C@H](COP(=O)(O)OC[C@H](O)COP(=O)(O)OC[C@@H](COC(=O)CCCCCCCCCCCCCCC(C)C)OC(=O)CCCCCCCCCCCCCCCC(C)C)OC(=O)CCCCCCCCCCCCCCC(C)C. The molecule has 3 N–H and O–H groups in total.